The Morgan fingerprint density at radius 3 is 1.75 bits per heavy atom. The maximum Gasteiger partial charge on any atom is 0.253 e. The molecule has 2 heteroatoms. The van der Waals surface area contributed by atoms with Crippen LogP contribution in [-0.4, -0.2) is 6.61 Å². The van der Waals surface area contributed by atoms with E-state index in [4.69, 9.17) is 11.8 Å². The summed E-state index contributed by atoms with van der Waals surface area (Å²) < 4.78 is 10.1. The molecule has 0 aliphatic rings. The van der Waals surface area contributed by atoms with Crippen molar-refractivity contribution in [2.24, 2.45) is 0 Å². The lowest BCUT2D eigenvalue weighted by atomic mass is 10.0. The van der Waals surface area contributed by atoms with Gasteiger partial charge in [0, 0.05) is 6.07 Å². The first-order chi connectivity index (χ1) is 11.9. The third-order valence-corrected chi connectivity index (χ3v) is 4.44. The molecule has 135 valence electrons. The Kier molecular flexibility index (Phi) is 13.3. The Balaban J connectivity index is 1.82. The average Bonchev–Trinajstić information content (AvgIpc) is 2.62. The Hall–Kier alpha value is -1.18. The van der Waals surface area contributed by atoms with Crippen LogP contribution < -0.4 is 9.47 Å². The van der Waals surface area contributed by atoms with Crippen LogP contribution in [0, 0.1) is 7.11 Å². The van der Waals surface area contributed by atoms with Gasteiger partial charge in [0.1, 0.15) is 11.5 Å². The third-order valence-electron chi connectivity index (χ3n) is 4.44. The first-order valence-electron chi connectivity index (χ1n) is 9.93. The normalized spacial score (nSPS) is 10.8. The second-order valence-electron chi connectivity index (χ2n) is 6.67. The SMILES string of the molecule is [C]Oc1cccc(OCCCCCCCCCCCCCCC)c1. The molecule has 0 heterocycles. The second-order valence-corrected chi connectivity index (χ2v) is 6.67. The zero-order chi connectivity index (χ0) is 17.3. The van der Waals surface area contributed by atoms with Crippen molar-refractivity contribution in [2.75, 3.05) is 6.61 Å². The smallest absolute Gasteiger partial charge is 0.253 e. The summed E-state index contributed by atoms with van der Waals surface area (Å²) >= 11 is 0. The molecule has 0 atom stereocenters. The molecule has 0 saturated carbocycles. The number of unbranched alkanes of at least 4 members (excludes halogenated alkanes) is 12. The Morgan fingerprint density at radius 2 is 1.21 bits per heavy atom. The summed E-state index contributed by atoms with van der Waals surface area (Å²) in [5.74, 6) is 1.32. The Bertz CT molecular complexity index is 389. The van der Waals surface area contributed by atoms with Gasteiger partial charge in [-0.25, -0.2) is 0 Å². The minimum Gasteiger partial charge on any atom is -0.493 e. The number of rotatable bonds is 16. The molecule has 0 aliphatic heterocycles. The highest BCUT2D eigenvalue weighted by Gasteiger charge is 1.97. The predicted molar refractivity (Wildman–Crippen MR) is 102 cm³/mol. The van der Waals surface area contributed by atoms with E-state index in [1.165, 1.54) is 77.0 Å². The molecular formula is C22H35O2. The molecule has 2 nitrogen and oxygen atoms in total. The molecule has 0 fully saturated rings. The van der Waals surface area contributed by atoms with Crippen LogP contribution in [0.3, 0.4) is 0 Å². The van der Waals surface area contributed by atoms with Crippen LogP contribution in [0.1, 0.15) is 90.4 Å². The van der Waals surface area contributed by atoms with Crippen molar-refractivity contribution in [3.63, 3.8) is 0 Å². The van der Waals surface area contributed by atoms with E-state index in [0.717, 1.165) is 18.8 Å². The topological polar surface area (TPSA) is 18.5 Å². The summed E-state index contributed by atoms with van der Waals surface area (Å²) in [5.41, 5.74) is 0. The van der Waals surface area contributed by atoms with Gasteiger partial charge in [-0.15, -0.1) is 0 Å². The molecule has 0 N–H and O–H groups in total. The standard InChI is InChI=1S/C22H35O2/c1-3-4-5-6-7-8-9-10-11-12-13-14-15-19-24-22-18-16-17-21(20-22)23-2/h16-18,20H,3-15,19H2,1H3. The summed E-state index contributed by atoms with van der Waals surface area (Å²) in [7, 11) is 6.87. The van der Waals surface area contributed by atoms with E-state index in [1.54, 1.807) is 12.1 Å². The average molecular weight is 332 g/mol. The fraction of sp³-hybridized carbons (Fsp3) is 0.682. The second kappa shape index (κ2) is 15.4. The first kappa shape index (κ1) is 20.9. The van der Waals surface area contributed by atoms with E-state index in [1.807, 2.05) is 12.1 Å². The molecule has 1 aromatic carbocycles. The van der Waals surface area contributed by atoms with Gasteiger partial charge in [0.2, 0.25) is 0 Å². The van der Waals surface area contributed by atoms with Gasteiger partial charge in [-0.05, 0) is 18.6 Å². The van der Waals surface area contributed by atoms with Crippen molar-refractivity contribution >= 4 is 0 Å². The van der Waals surface area contributed by atoms with Gasteiger partial charge < -0.3 is 9.47 Å². The molecular weight excluding hydrogens is 296 g/mol. The molecule has 24 heavy (non-hydrogen) atoms. The van der Waals surface area contributed by atoms with Crippen LogP contribution in [0.2, 0.25) is 0 Å². The van der Waals surface area contributed by atoms with Crippen molar-refractivity contribution in [2.45, 2.75) is 90.4 Å². The van der Waals surface area contributed by atoms with E-state index >= 15 is 0 Å². The van der Waals surface area contributed by atoms with Gasteiger partial charge in [0.05, 0.1) is 6.61 Å². The van der Waals surface area contributed by atoms with E-state index in [0.29, 0.717) is 5.75 Å². The molecule has 0 aromatic heterocycles. The molecule has 0 bridgehead atoms. The molecule has 1 rings (SSSR count). The van der Waals surface area contributed by atoms with E-state index < -0.39 is 0 Å². The summed E-state index contributed by atoms with van der Waals surface area (Å²) in [5, 5.41) is 0. The van der Waals surface area contributed by atoms with Crippen molar-refractivity contribution in [3.05, 3.63) is 31.4 Å². The maximum atomic E-state index is 6.87. The molecule has 1 aromatic rings. The minimum absolute atomic E-state index is 0.526. The van der Waals surface area contributed by atoms with Crippen LogP contribution in [0.25, 0.3) is 0 Å². The Labute approximate surface area is 149 Å². The number of hydrogen-bond donors (Lipinski definition) is 0. The van der Waals surface area contributed by atoms with Crippen molar-refractivity contribution in [3.8, 4) is 11.5 Å². The fourth-order valence-corrected chi connectivity index (χ4v) is 2.94. The van der Waals surface area contributed by atoms with Crippen LogP contribution in [0.4, 0.5) is 0 Å². The van der Waals surface area contributed by atoms with Crippen LogP contribution in [0.5, 0.6) is 11.5 Å². The highest BCUT2D eigenvalue weighted by molar-refractivity contribution is 5.32. The van der Waals surface area contributed by atoms with Crippen LogP contribution >= 0.6 is 0 Å². The van der Waals surface area contributed by atoms with E-state index in [9.17, 15) is 0 Å². The first-order valence-corrected chi connectivity index (χ1v) is 9.93. The van der Waals surface area contributed by atoms with Crippen LogP contribution in [-0.2, 0) is 0 Å². The van der Waals surface area contributed by atoms with Gasteiger partial charge in [-0.2, -0.15) is 0 Å². The lowest BCUT2D eigenvalue weighted by Crippen LogP contribution is -1.97. The lowest BCUT2D eigenvalue weighted by Gasteiger charge is -2.07. The fourth-order valence-electron chi connectivity index (χ4n) is 2.94. The largest absolute Gasteiger partial charge is 0.493 e. The van der Waals surface area contributed by atoms with Gasteiger partial charge in [-0.1, -0.05) is 90.0 Å². The third kappa shape index (κ3) is 11.4. The van der Waals surface area contributed by atoms with Gasteiger partial charge in [0.25, 0.3) is 7.11 Å². The number of ether oxygens (including phenoxy) is 2. The van der Waals surface area contributed by atoms with Crippen LogP contribution in [0.15, 0.2) is 24.3 Å². The summed E-state index contributed by atoms with van der Waals surface area (Å²) in [6.45, 7) is 3.03. The number of benzene rings is 1. The van der Waals surface area contributed by atoms with Crippen molar-refractivity contribution in [1.82, 2.24) is 0 Å². The van der Waals surface area contributed by atoms with Gasteiger partial charge in [-0.3, -0.25) is 0 Å². The summed E-state index contributed by atoms with van der Waals surface area (Å²) in [6.07, 6.45) is 17.7. The zero-order valence-electron chi connectivity index (χ0n) is 15.5. The van der Waals surface area contributed by atoms with Gasteiger partial charge >= 0.3 is 0 Å². The molecule has 0 saturated heterocycles. The van der Waals surface area contributed by atoms with Crippen molar-refractivity contribution < 1.29 is 9.47 Å². The maximum absolute atomic E-state index is 6.87. The quantitative estimate of drug-likeness (QED) is 0.301. The van der Waals surface area contributed by atoms with E-state index in [2.05, 4.69) is 11.7 Å². The zero-order valence-corrected chi connectivity index (χ0v) is 15.5. The van der Waals surface area contributed by atoms with Gasteiger partial charge in [0.15, 0.2) is 0 Å². The number of hydrogen-bond acceptors (Lipinski definition) is 2. The van der Waals surface area contributed by atoms with E-state index in [-0.39, 0.29) is 0 Å². The predicted octanol–water partition coefficient (Wildman–Crippen LogP) is 7.08. The highest BCUT2D eigenvalue weighted by atomic mass is 16.5. The molecule has 0 unspecified atom stereocenters. The molecule has 0 spiro atoms. The molecule has 0 amide bonds. The molecule has 0 aliphatic carbocycles. The monoisotopic (exact) mass is 331 g/mol. The summed E-state index contributed by atoms with van der Waals surface area (Å²) in [4.78, 5) is 0. The minimum atomic E-state index is 0.526. The Morgan fingerprint density at radius 1 is 0.708 bits per heavy atom. The van der Waals surface area contributed by atoms with Crippen molar-refractivity contribution in [1.29, 1.82) is 0 Å². The molecule has 3 radical (unpaired) electrons. The highest BCUT2D eigenvalue weighted by Crippen LogP contribution is 2.19. The summed E-state index contributed by atoms with van der Waals surface area (Å²) in [6, 6.07) is 7.27. The lowest BCUT2D eigenvalue weighted by molar-refractivity contribution is 0.303.